The average molecular weight is 475 g/mol. The number of nitrogens with zero attached hydrogens (tertiary/aromatic N) is 1. The molecule has 0 bridgehead atoms. The van der Waals surface area contributed by atoms with Crippen LogP contribution in [0.25, 0.3) is 0 Å². The molecule has 2 rings (SSSR count). The van der Waals surface area contributed by atoms with Gasteiger partial charge in [-0.15, -0.1) is 24.0 Å². The van der Waals surface area contributed by atoms with E-state index in [0.29, 0.717) is 6.61 Å². The van der Waals surface area contributed by atoms with E-state index in [2.05, 4.69) is 60.7 Å². The maximum atomic E-state index is 5.87. The van der Waals surface area contributed by atoms with E-state index in [4.69, 9.17) is 9.47 Å². The lowest BCUT2D eigenvalue weighted by atomic mass is 10.1. The highest BCUT2D eigenvalue weighted by atomic mass is 127. The fourth-order valence-electron chi connectivity index (χ4n) is 2.76. The van der Waals surface area contributed by atoms with E-state index in [-0.39, 0.29) is 36.1 Å². The Kier molecular flexibility index (Phi) is 11.9. The van der Waals surface area contributed by atoms with Crippen molar-refractivity contribution in [1.82, 2.24) is 10.6 Å². The third-order valence-corrected chi connectivity index (χ3v) is 4.30. The minimum Gasteiger partial charge on any atom is -0.379 e. The normalized spacial score (nSPS) is 18.3. The molecule has 1 saturated heterocycles. The first-order valence-electron chi connectivity index (χ1n) is 9.53. The molecule has 2 atom stereocenters. The van der Waals surface area contributed by atoms with Crippen LogP contribution in [0.1, 0.15) is 38.3 Å². The third-order valence-electron chi connectivity index (χ3n) is 4.30. The van der Waals surface area contributed by atoms with Crippen molar-refractivity contribution in [1.29, 1.82) is 0 Å². The van der Waals surface area contributed by atoms with Gasteiger partial charge in [0.15, 0.2) is 5.96 Å². The quantitative estimate of drug-likeness (QED) is 0.328. The molecule has 148 valence electrons. The second kappa shape index (κ2) is 13.3. The van der Waals surface area contributed by atoms with E-state index in [1.165, 1.54) is 11.1 Å². The number of rotatable bonds is 9. The predicted molar refractivity (Wildman–Crippen MR) is 119 cm³/mol. The SMILES string of the molecule is CCNC(=NCCc1ccc(CC)cc1)NC(C)COC1CCOC1.I. The van der Waals surface area contributed by atoms with E-state index < -0.39 is 0 Å². The van der Waals surface area contributed by atoms with Gasteiger partial charge in [0.2, 0.25) is 0 Å². The molecule has 0 aromatic heterocycles. The first kappa shape index (κ1) is 23.2. The largest absolute Gasteiger partial charge is 0.379 e. The number of ether oxygens (including phenoxy) is 2. The molecule has 1 aliphatic heterocycles. The molecule has 0 saturated carbocycles. The molecule has 6 heteroatoms. The molecule has 0 radical (unpaired) electrons. The van der Waals surface area contributed by atoms with Gasteiger partial charge in [-0.05, 0) is 44.2 Å². The Balaban J connectivity index is 0.00000338. The van der Waals surface area contributed by atoms with E-state index in [0.717, 1.165) is 51.5 Å². The van der Waals surface area contributed by atoms with Crippen molar-refractivity contribution in [2.75, 3.05) is 32.9 Å². The molecule has 0 amide bonds. The van der Waals surface area contributed by atoms with E-state index >= 15 is 0 Å². The summed E-state index contributed by atoms with van der Waals surface area (Å²) in [7, 11) is 0. The molecule has 2 unspecified atom stereocenters. The van der Waals surface area contributed by atoms with Gasteiger partial charge in [0, 0.05) is 25.7 Å². The number of aryl methyl sites for hydroxylation is 1. The Labute approximate surface area is 175 Å². The van der Waals surface area contributed by atoms with E-state index in [1.54, 1.807) is 0 Å². The fraction of sp³-hybridized carbons (Fsp3) is 0.650. The zero-order valence-corrected chi connectivity index (χ0v) is 18.6. The maximum Gasteiger partial charge on any atom is 0.191 e. The minimum atomic E-state index is 0. The Morgan fingerprint density at radius 3 is 2.62 bits per heavy atom. The standard InChI is InChI=1S/C20H33N3O2.HI/c1-4-17-6-8-18(9-7-17)10-12-22-20(21-5-2)23-16(3)14-25-19-11-13-24-15-19;/h6-9,16,19H,4-5,10-15H2,1-3H3,(H2,21,22,23);1H. The number of benzene rings is 1. The topological polar surface area (TPSA) is 54.9 Å². The van der Waals surface area contributed by atoms with Crippen molar-refractivity contribution < 1.29 is 9.47 Å². The second-order valence-electron chi connectivity index (χ2n) is 6.55. The average Bonchev–Trinajstić information content (AvgIpc) is 3.14. The first-order chi connectivity index (χ1) is 12.2. The van der Waals surface area contributed by atoms with Gasteiger partial charge in [0.25, 0.3) is 0 Å². The summed E-state index contributed by atoms with van der Waals surface area (Å²) in [4.78, 5) is 4.69. The molecule has 1 aromatic rings. The first-order valence-corrected chi connectivity index (χ1v) is 9.53. The number of halogens is 1. The molecule has 1 heterocycles. The maximum absolute atomic E-state index is 5.87. The molecule has 1 aromatic carbocycles. The highest BCUT2D eigenvalue weighted by molar-refractivity contribution is 14.0. The van der Waals surface area contributed by atoms with Gasteiger partial charge in [-0.2, -0.15) is 0 Å². The molecule has 2 N–H and O–H groups in total. The summed E-state index contributed by atoms with van der Waals surface area (Å²) < 4.78 is 11.2. The molecule has 26 heavy (non-hydrogen) atoms. The van der Waals surface area contributed by atoms with Crippen molar-refractivity contribution in [3.8, 4) is 0 Å². The third kappa shape index (κ3) is 8.68. The smallest absolute Gasteiger partial charge is 0.191 e. The number of guanidine groups is 1. The number of hydrogen-bond donors (Lipinski definition) is 2. The van der Waals surface area contributed by atoms with Gasteiger partial charge in [0.1, 0.15) is 0 Å². The monoisotopic (exact) mass is 475 g/mol. The van der Waals surface area contributed by atoms with Gasteiger partial charge < -0.3 is 20.1 Å². The zero-order chi connectivity index (χ0) is 17.9. The number of nitrogens with one attached hydrogen (secondary N) is 2. The van der Waals surface area contributed by atoms with Crippen LogP contribution in [0.3, 0.4) is 0 Å². The van der Waals surface area contributed by atoms with Gasteiger partial charge >= 0.3 is 0 Å². The Bertz CT molecular complexity index is 516. The highest BCUT2D eigenvalue weighted by Crippen LogP contribution is 2.08. The number of aliphatic imine (C=N–C) groups is 1. The lowest BCUT2D eigenvalue weighted by molar-refractivity contribution is 0.0347. The Morgan fingerprint density at radius 1 is 1.27 bits per heavy atom. The van der Waals surface area contributed by atoms with Gasteiger partial charge in [-0.25, -0.2) is 0 Å². The van der Waals surface area contributed by atoms with Crippen LogP contribution in [-0.2, 0) is 22.3 Å². The minimum absolute atomic E-state index is 0. The summed E-state index contributed by atoms with van der Waals surface area (Å²) in [5.41, 5.74) is 2.71. The van der Waals surface area contributed by atoms with Crippen LogP contribution < -0.4 is 10.6 Å². The van der Waals surface area contributed by atoms with Crippen molar-refractivity contribution in [3.63, 3.8) is 0 Å². The van der Waals surface area contributed by atoms with Crippen LogP contribution >= 0.6 is 24.0 Å². The molecule has 0 aliphatic carbocycles. The Hall–Kier alpha value is -0.860. The molecule has 5 nitrogen and oxygen atoms in total. The van der Waals surface area contributed by atoms with Crippen LogP contribution in [0.2, 0.25) is 0 Å². The molecule has 0 spiro atoms. The predicted octanol–water partition coefficient (Wildman–Crippen LogP) is 3.16. The fourth-order valence-corrected chi connectivity index (χ4v) is 2.76. The highest BCUT2D eigenvalue weighted by Gasteiger charge is 2.17. The summed E-state index contributed by atoms with van der Waals surface area (Å²) in [6.45, 7) is 10.2. The van der Waals surface area contributed by atoms with E-state index in [1.807, 2.05) is 0 Å². The van der Waals surface area contributed by atoms with Crippen molar-refractivity contribution >= 4 is 29.9 Å². The molecular weight excluding hydrogens is 441 g/mol. The van der Waals surface area contributed by atoms with Crippen LogP contribution in [0.5, 0.6) is 0 Å². The van der Waals surface area contributed by atoms with Gasteiger partial charge in [-0.3, -0.25) is 4.99 Å². The van der Waals surface area contributed by atoms with Crippen LogP contribution in [-0.4, -0.2) is 51.0 Å². The summed E-state index contributed by atoms with van der Waals surface area (Å²) in [5.74, 6) is 0.853. The van der Waals surface area contributed by atoms with Crippen LogP contribution in [0.15, 0.2) is 29.3 Å². The molecule has 1 aliphatic rings. The number of hydrogen-bond acceptors (Lipinski definition) is 3. The van der Waals surface area contributed by atoms with Crippen molar-refractivity contribution in [2.45, 2.75) is 52.2 Å². The Morgan fingerprint density at radius 2 is 2.00 bits per heavy atom. The van der Waals surface area contributed by atoms with Crippen LogP contribution in [0.4, 0.5) is 0 Å². The summed E-state index contributed by atoms with van der Waals surface area (Å²) >= 11 is 0. The van der Waals surface area contributed by atoms with Crippen LogP contribution in [0, 0.1) is 0 Å². The van der Waals surface area contributed by atoms with Crippen molar-refractivity contribution in [3.05, 3.63) is 35.4 Å². The van der Waals surface area contributed by atoms with Gasteiger partial charge in [0.05, 0.1) is 19.3 Å². The van der Waals surface area contributed by atoms with Crippen molar-refractivity contribution in [2.24, 2.45) is 4.99 Å². The van der Waals surface area contributed by atoms with Gasteiger partial charge in [-0.1, -0.05) is 31.2 Å². The lowest BCUT2D eigenvalue weighted by Crippen LogP contribution is -2.44. The summed E-state index contributed by atoms with van der Waals surface area (Å²) in [6.07, 6.45) is 3.28. The lowest BCUT2D eigenvalue weighted by Gasteiger charge is -2.19. The molecular formula is C20H34IN3O2. The second-order valence-corrected chi connectivity index (χ2v) is 6.55. The summed E-state index contributed by atoms with van der Waals surface area (Å²) in [5, 5.41) is 6.72. The molecule has 1 fully saturated rings. The zero-order valence-electron chi connectivity index (χ0n) is 16.3. The van der Waals surface area contributed by atoms with E-state index in [9.17, 15) is 0 Å². The summed E-state index contributed by atoms with van der Waals surface area (Å²) in [6, 6.07) is 9.02.